The molecule has 0 aliphatic carbocycles. The van der Waals surface area contributed by atoms with Gasteiger partial charge in [0.05, 0.1) is 5.69 Å². The summed E-state index contributed by atoms with van der Waals surface area (Å²) in [4.78, 5) is 16.8. The zero-order chi connectivity index (χ0) is 8.39. The standard InChI is InChI=1S/C6H4N4OS/c11-6-7-2-1-4(8-6)5-3-12-10-9-5/h1-3H,(H,7,8,11). The summed E-state index contributed by atoms with van der Waals surface area (Å²) in [5.41, 5.74) is 0.934. The second-order valence-electron chi connectivity index (χ2n) is 2.08. The van der Waals surface area contributed by atoms with Gasteiger partial charge in [0, 0.05) is 11.6 Å². The predicted octanol–water partition coefficient (Wildman–Crippen LogP) is 0.288. The van der Waals surface area contributed by atoms with Crippen molar-refractivity contribution in [3.8, 4) is 11.4 Å². The highest BCUT2D eigenvalue weighted by Gasteiger charge is 2.00. The van der Waals surface area contributed by atoms with Crippen molar-refractivity contribution < 1.29 is 0 Å². The van der Waals surface area contributed by atoms with E-state index in [9.17, 15) is 4.79 Å². The van der Waals surface area contributed by atoms with Gasteiger partial charge >= 0.3 is 5.69 Å². The Kier molecular flexibility index (Phi) is 1.67. The van der Waals surface area contributed by atoms with Gasteiger partial charge < -0.3 is 4.98 Å². The van der Waals surface area contributed by atoms with Crippen LogP contribution in [0.1, 0.15) is 0 Å². The van der Waals surface area contributed by atoms with Crippen LogP contribution >= 0.6 is 11.5 Å². The molecule has 0 fully saturated rings. The number of rotatable bonds is 1. The maximum atomic E-state index is 10.8. The molecule has 0 unspecified atom stereocenters. The molecule has 0 aliphatic rings. The van der Waals surface area contributed by atoms with Gasteiger partial charge in [-0.15, -0.1) is 5.10 Å². The summed E-state index contributed by atoms with van der Waals surface area (Å²) in [5.74, 6) is 0. The third kappa shape index (κ3) is 1.24. The highest BCUT2D eigenvalue weighted by molar-refractivity contribution is 7.03. The Balaban J connectivity index is 2.55. The summed E-state index contributed by atoms with van der Waals surface area (Å²) < 4.78 is 3.68. The number of aromatic nitrogens is 4. The van der Waals surface area contributed by atoms with E-state index in [0.717, 1.165) is 0 Å². The van der Waals surface area contributed by atoms with Gasteiger partial charge in [0.15, 0.2) is 0 Å². The smallest absolute Gasteiger partial charge is 0.304 e. The van der Waals surface area contributed by atoms with Crippen molar-refractivity contribution in [1.29, 1.82) is 0 Å². The van der Waals surface area contributed by atoms with Gasteiger partial charge in [0.2, 0.25) is 0 Å². The molecule has 0 bridgehead atoms. The molecular formula is C6H4N4OS. The van der Waals surface area contributed by atoms with Crippen molar-refractivity contribution in [2.24, 2.45) is 0 Å². The Morgan fingerprint density at radius 1 is 1.50 bits per heavy atom. The molecule has 0 amide bonds. The minimum absolute atomic E-state index is 0.375. The maximum absolute atomic E-state index is 10.8. The molecule has 0 saturated carbocycles. The lowest BCUT2D eigenvalue weighted by molar-refractivity contribution is 1.06. The summed E-state index contributed by atoms with van der Waals surface area (Å²) in [6.45, 7) is 0. The largest absolute Gasteiger partial charge is 0.345 e. The van der Waals surface area contributed by atoms with E-state index in [1.165, 1.54) is 17.7 Å². The zero-order valence-corrected chi connectivity index (χ0v) is 6.71. The predicted molar refractivity (Wildman–Crippen MR) is 43.8 cm³/mol. The number of aromatic amines is 1. The van der Waals surface area contributed by atoms with Gasteiger partial charge in [-0.2, -0.15) is 0 Å². The van der Waals surface area contributed by atoms with Crippen molar-refractivity contribution >= 4 is 11.5 Å². The summed E-state index contributed by atoms with van der Waals surface area (Å²) >= 11 is 1.24. The zero-order valence-electron chi connectivity index (χ0n) is 5.89. The first-order chi connectivity index (χ1) is 5.86. The van der Waals surface area contributed by atoms with E-state index in [-0.39, 0.29) is 5.69 Å². The lowest BCUT2D eigenvalue weighted by Gasteiger charge is -1.91. The molecule has 0 aliphatic heterocycles. The van der Waals surface area contributed by atoms with Gasteiger partial charge in [0.25, 0.3) is 0 Å². The van der Waals surface area contributed by atoms with Gasteiger partial charge in [0.1, 0.15) is 5.69 Å². The molecule has 0 aromatic carbocycles. The van der Waals surface area contributed by atoms with Crippen LogP contribution in [0.4, 0.5) is 0 Å². The van der Waals surface area contributed by atoms with E-state index >= 15 is 0 Å². The molecule has 5 nitrogen and oxygen atoms in total. The molecule has 2 aromatic rings. The lowest BCUT2D eigenvalue weighted by Crippen LogP contribution is -2.09. The molecule has 2 rings (SSSR count). The summed E-state index contributed by atoms with van der Waals surface area (Å²) in [5, 5.41) is 5.55. The van der Waals surface area contributed by atoms with Crippen LogP contribution in [0.15, 0.2) is 22.4 Å². The van der Waals surface area contributed by atoms with Crippen LogP contribution in [0.25, 0.3) is 11.4 Å². The monoisotopic (exact) mass is 180 g/mol. The first-order valence-electron chi connectivity index (χ1n) is 3.19. The van der Waals surface area contributed by atoms with E-state index in [0.29, 0.717) is 11.4 Å². The molecular weight excluding hydrogens is 176 g/mol. The fourth-order valence-corrected chi connectivity index (χ4v) is 1.26. The number of hydrogen-bond donors (Lipinski definition) is 1. The average molecular weight is 180 g/mol. The first kappa shape index (κ1) is 7.11. The fraction of sp³-hybridized carbons (Fsp3) is 0. The quantitative estimate of drug-likeness (QED) is 0.684. The molecule has 0 radical (unpaired) electrons. The summed E-state index contributed by atoms with van der Waals surface area (Å²) in [7, 11) is 0. The van der Waals surface area contributed by atoms with Gasteiger partial charge in [-0.05, 0) is 17.6 Å². The Morgan fingerprint density at radius 3 is 3.08 bits per heavy atom. The normalized spacial score (nSPS) is 10.0. The van der Waals surface area contributed by atoms with Crippen LogP contribution in [0, 0.1) is 0 Å². The van der Waals surface area contributed by atoms with Crippen molar-refractivity contribution in [2.75, 3.05) is 0 Å². The van der Waals surface area contributed by atoms with Crippen molar-refractivity contribution in [2.45, 2.75) is 0 Å². The van der Waals surface area contributed by atoms with Gasteiger partial charge in [-0.3, -0.25) is 0 Å². The van der Waals surface area contributed by atoms with Crippen LogP contribution in [0.5, 0.6) is 0 Å². The SMILES string of the molecule is O=c1nccc(-c2csnn2)[nH]1. The molecule has 1 N–H and O–H groups in total. The Hall–Kier alpha value is -1.56. The minimum Gasteiger partial charge on any atom is -0.304 e. The number of nitrogens with zero attached hydrogens (tertiary/aromatic N) is 3. The van der Waals surface area contributed by atoms with Gasteiger partial charge in [-0.25, -0.2) is 9.78 Å². The van der Waals surface area contributed by atoms with Crippen LogP contribution < -0.4 is 5.69 Å². The molecule has 12 heavy (non-hydrogen) atoms. The van der Waals surface area contributed by atoms with Crippen LogP contribution in [-0.4, -0.2) is 19.6 Å². The molecule has 2 heterocycles. The van der Waals surface area contributed by atoms with Crippen molar-refractivity contribution in [3.05, 3.63) is 28.1 Å². The lowest BCUT2D eigenvalue weighted by atomic mass is 10.3. The number of nitrogens with one attached hydrogen (secondary N) is 1. The topological polar surface area (TPSA) is 71.5 Å². The van der Waals surface area contributed by atoms with Crippen LogP contribution in [-0.2, 0) is 0 Å². The average Bonchev–Trinajstić information content (AvgIpc) is 2.56. The molecule has 0 spiro atoms. The van der Waals surface area contributed by atoms with E-state index in [2.05, 4.69) is 19.6 Å². The second kappa shape index (κ2) is 2.82. The van der Waals surface area contributed by atoms with E-state index in [1.807, 2.05) is 0 Å². The minimum atomic E-state index is -0.375. The van der Waals surface area contributed by atoms with Crippen molar-refractivity contribution in [1.82, 2.24) is 19.6 Å². The molecule has 60 valence electrons. The van der Waals surface area contributed by atoms with E-state index < -0.39 is 0 Å². The first-order valence-corrected chi connectivity index (χ1v) is 4.03. The number of hydrogen-bond acceptors (Lipinski definition) is 5. The number of H-pyrrole nitrogens is 1. The van der Waals surface area contributed by atoms with Crippen LogP contribution in [0.3, 0.4) is 0 Å². The third-order valence-corrected chi connectivity index (χ3v) is 1.82. The Labute approximate surface area is 71.3 Å². The highest BCUT2D eigenvalue weighted by atomic mass is 32.1. The third-order valence-electron chi connectivity index (χ3n) is 1.31. The highest BCUT2D eigenvalue weighted by Crippen LogP contribution is 2.11. The maximum Gasteiger partial charge on any atom is 0.345 e. The Morgan fingerprint density at radius 2 is 2.42 bits per heavy atom. The van der Waals surface area contributed by atoms with Crippen molar-refractivity contribution in [3.63, 3.8) is 0 Å². The second-order valence-corrected chi connectivity index (χ2v) is 2.69. The molecule has 6 heteroatoms. The molecule has 2 aromatic heterocycles. The van der Waals surface area contributed by atoms with E-state index in [1.54, 1.807) is 11.4 Å². The Bertz CT molecular complexity index is 421. The van der Waals surface area contributed by atoms with Gasteiger partial charge in [-0.1, -0.05) is 4.49 Å². The molecule has 0 saturated heterocycles. The molecule has 0 atom stereocenters. The summed E-state index contributed by atoms with van der Waals surface area (Å²) in [6.07, 6.45) is 1.44. The van der Waals surface area contributed by atoms with Crippen LogP contribution in [0.2, 0.25) is 0 Å². The summed E-state index contributed by atoms with van der Waals surface area (Å²) in [6, 6.07) is 1.68. The fourth-order valence-electron chi connectivity index (χ4n) is 0.800. The van der Waals surface area contributed by atoms with E-state index in [4.69, 9.17) is 0 Å².